The lowest BCUT2D eigenvalue weighted by molar-refractivity contribution is -0.324. The zero-order valence-electron chi connectivity index (χ0n) is 12.0. The van der Waals surface area contributed by atoms with Crippen molar-refractivity contribution in [3.8, 4) is 0 Å². The molecule has 0 aromatic heterocycles. The van der Waals surface area contributed by atoms with Gasteiger partial charge in [0, 0.05) is 20.8 Å². The number of rotatable bonds is 3. The van der Waals surface area contributed by atoms with E-state index in [0.29, 0.717) is 0 Å². The van der Waals surface area contributed by atoms with E-state index in [4.69, 9.17) is 4.74 Å². The van der Waals surface area contributed by atoms with Crippen LogP contribution in [0.15, 0.2) is 0 Å². The summed E-state index contributed by atoms with van der Waals surface area (Å²) in [4.78, 5) is 32.9. The Morgan fingerprint density at radius 2 is 1.45 bits per heavy atom. The Hall–Kier alpha value is -1.84. The van der Waals surface area contributed by atoms with Crippen LogP contribution in [-0.4, -0.2) is 48.7 Å². The molecule has 1 aliphatic rings. The van der Waals surface area contributed by atoms with Gasteiger partial charge < -0.3 is 18.9 Å². The van der Waals surface area contributed by atoms with Crippen molar-refractivity contribution in [1.82, 2.24) is 0 Å². The first kappa shape index (κ1) is 18.2. The van der Waals surface area contributed by atoms with Crippen molar-refractivity contribution in [2.45, 2.75) is 58.0 Å². The van der Waals surface area contributed by atoms with Gasteiger partial charge in [-0.05, 0) is 0 Å². The highest BCUT2D eigenvalue weighted by Crippen LogP contribution is 2.36. The van der Waals surface area contributed by atoms with E-state index in [1.807, 2.05) is 0 Å². The van der Waals surface area contributed by atoms with Crippen molar-refractivity contribution in [2.24, 2.45) is 0 Å². The minimum Gasteiger partial charge on any atom is -0.458 e. The molecule has 126 valence electrons. The van der Waals surface area contributed by atoms with Gasteiger partial charge in [-0.15, -0.1) is 0 Å². The van der Waals surface area contributed by atoms with Gasteiger partial charge in [0.15, 0.2) is 12.2 Å². The van der Waals surface area contributed by atoms with Gasteiger partial charge >= 0.3 is 24.1 Å². The maximum Gasteiger partial charge on any atom is 0.418 e. The summed E-state index contributed by atoms with van der Waals surface area (Å²) >= 11 is 0. The van der Waals surface area contributed by atoms with Crippen LogP contribution in [0, 0.1) is 0 Å². The van der Waals surface area contributed by atoms with Gasteiger partial charge in [0.25, 0.3) is 0 Å². The van der Waals surface area contributed by atoms with E-state index in [-0.39, 0.29) is 6.42 Å². The molecule has 4 unspecified atom stereocenters. The fourth-order valence-electron chi connectivity index (χ4n) is 2.00. The third-order valence-corrected chi connectivity index (χ3v) is 2.63. The predicted molar refractivity (Wildman–Crippen MR) is 62.2 cm³/mol. The van der Waals surface area contributed by atoms with Gasteiger partial charge in [0.2, 0.25) is 6.29 Å². The molecule has 1 aliphatic heterocycles. The van der Waals surface area contributed by atoms with Crippen molar-refractivity contribution in [1.29, 1.82) is 0 Å². The van der Waals surface area contributed by atoms with E-state index in [9.17, 15) is 27.6 Å². The Balaban J connectivity index is 3.07. The molecule has 0 aromatic rings. The molecular formula is C12H15F3O7. The van der Waals surface area contributed by atoms with Crippen LogP contribution in [-0.2, 0) is 33.3 Å². The second kappa shape index (κ2) is 6.95. The highest BCUT2D eigenvalue weighted by Gasteiger charge is 2.56. The molecule has 0 aromatic carbocycles. The van der Waals surface area contributed by atoms with Crippen LogP contribution in [0.3, 0.4) is 0 Å². The molecule has 1 rings (SSSR count). The van der Waals surface area contributed by atoms with Gasteiger partial charge in [-0.25, -0.2) is 0 Å². The molecule has 0 aliphatic carbocycles. The normalized spacial score (nSPS) is 28.6. The summed E-state index contributed by atoms with van der Waals surface area (Å²) in [6, 6.07) is 0. The summed E-state index contributed by atoms with van der Waals surface area (Å²) in [5.41, 5.74) is 0. The smallest absolute Gasteiger partial charge is 0.418 e. The van der Waals surface area contributed by atoms with Crippen molar-refractivity contribution < 1.29 is 46.5 Å². The quantitative estimate of drug-likeness (QED) is 0.566. The van der Waals surface area contributed by atoms with Crippen LogP contribution in [0.1, 0.15) is 27.2 Å². The van der Waals surface area contributed by atoms with Gasteiger partial charge in [-0.2, -0.15) is 13.2 Å². The van der Waals surface area contributed by atoms with Crippen LogP contribution in [0.4, 0.5) is 13.2 Å². The first-order valence-corrected chi connectivity index (χ1v) is 6.24. The van der Waals surface area contributed by atoms with Crippen LogP contribution >= 0.6 is 0 Å². The van der Waals surface area contributed by atoms with Crippen LogP contribution in [0.25, 0.3) is 0 Å². The molecule has 4 atom stereocenters. The number of hydrogen-bond acceptors (Lipinski definition) is 7. The summed E-state index contributed by atoms with van der Waals surface area (Å²) in [6.45, 7) is 2.89. The average Bonchev–Trinajstić information content (AvgIpc) is 2.28. The zero-order chi connectivity index (χ0) is 17.1. The number of esters is 3. The third kappa shape index (κ3) is 5.17. The number of carbonyl (C=O) groups excluding carboxylic acids is 3. The van der Waals surface area contributed by atoms with E-state index in [1.54, 1.807) is 0 Å². The monoisotopic (exact) mass is 328 g/mol. The minimum atomic E-state index is -4.92. The summed E-state index contributed by atoms with van der Waals surface area (Å²) < 4.78 is 57.8. The Kier molecular flexibility index (Phi) is 5.75. The van der Waals surface area contributed by atoms with Crippen molar-refractivity contribution >= 4 is 17.9 Å². The second-order valence-corrected chi connectivity index (χ2v) is 4.59. The van der Waals surface area contributed by atoms with Crippen molar-refractivity contribution in [3.63, 3.8) is 0 Å². The Morgan fingerprint density at radius 3 is 1.86 bits per heavy atom. The maximum absolute atomic E-state index is 13.1. The lowest BCUT2D eigenvalue weighted by Gasteiger charge is -2.40. The standard InChI is InChI=1S/C12H15F3O7/c1-5(16)19-8-4-9(20-6(2)17)22-11(12(13,14)15)10(8)21-7(3)18/h8-11H,4H2,1-3H3. The van der Waals surface area contributed by atoms with Gasteiger partial charge in [-0.3, -0.25) is 14.4 Å². The molecule has 0 radical (unpaired) electrons. The molecule has 1 fully saturated rings. The number of carbonyl (C=O) groups is 3. The largest absolute Gasteiger partial charge is 0.458 e. The van der Waals surface area contributed by atoms with Crippen LogP contribution in [0.5, 0.6) is 0 Å². The van der Waals surface area contributed by atoms with E-state index in [2.05, 4.69) is 14.2 Å². The topological polar surface area (TPSA) is 88.1 Å². The molecule has 0 amide bonds. The van der Waals surface area contributed by atoms with Gasteiger partial charge in [0.05, 0.1) is 6.42 Å². The third-order valence-electron chi connectivity index (χ3n) is 2.63. The fourth-order valence-corrected chi connectivity index (χ4v) is 2.00. The summed E-state index contributed by atoms with van der Waals surface area (Å²) in [5, 5.41) is 0. The van der Waals surface area contributed by atoms with Crippen molar-refractivity contribution in [2.75, 3.05) is 0 Å². The summed E-state index contributed by atoms with van der Waals surface area (Å²) in [5.74, 6) is -2.73. The first-order chi connectivity index (χ1) is 10.0. The summed E-state index contributed by atoms with van der Waals surface area (Å²) in [7, 11) is 0. The highest BCUT2D eigenvalue weighted by molar-refractivity contribution is 5.67. The van der Waals surface area contributed by atoms with E-state index >= 15 is 0 Å². The van der Waals surface area contributed by atoms with Gasteiger partial charge in [-0.1, -0.05) is 0 Å². The lowest BCUT2D eigenvalue weighted by atomic mass is 10.00. The SMILES string of the molecule is CC(=O)OC1CC(OC(C)=O)C(OC(C)=O)C(C(F)(F)F)O1. The van der Waals surface area contributed by atoms with Gasteiger partial charge in [0.1, 0.15) is 6.10 Å². The number of alkyl halides is 3. The molecule has 1 saturated heterocycles. The maximum atomic E-state index is 13.1. The Bertz CT molecular complexity index is 448. The molecule has 22 heavy (non-hydrogen) atoms. The molecule has 0 saturated carbocycles. The summed E-state index contributed by atoms with van der Waals surface area (Å²) in [6.07, 6.45) is -12.8. The molecule has 1 heterocycles. The molecule has 0 spiro atoms. The Morgan fingerprint density at radius 1 is 0.955 bits per heavy atom. The second-order valence-electron chi connectivity index (χ2n) is 4.59. The molecule has 7 nitrogen and oxygen atoms in total. The molecule has 0 bridgehead atoms. The first-order valence-electron chi connectivity index (χ1n) is 6.24. The van der Waals surface area contributed by atoms with Crippen LogP contribution < -0.4 is 0 Å². The molecule has 0 N–H and O–H groups in total. The predicted octanol–water partition coefficient (Wildman–Crippen LogP) is 1.09. The number of hydrogen-bond donors (Lipinski definition) is 0. The Labute approximate surface area is 123 Å². The van der Waals surface area contributed by atoms with E-state index < -0.39 is 48.7 Å². The average molecular weight is 328 g/mol. The fraction of sp³-hybridized carbons (Fsp3) is 0.750. The highest BCUT2D eigenvalue weighted by atomic mass is 19.4. The number of ether oxygens (including phenoxy) is 4. The van der Waals surface area contributed by atoms with E-state index in [0.717, 1.165) is 20.8 Å². The lowest BCUT2D eigenvalue weighted by Crippen LogP contribution is -2.57. The minimum absolute atomic E-state index is 0.385. The van der Waals surface area contributed by atoms with Crippen molar-refractivity contribution in [3.05, 3.63) is 0 Å². The van der Waals surface area contributed by atoms with E-state index in [1.165, 1.54) is 0 Å². The number of halogens is 3. The molecular weight excluding hydrogens is 313 g/mol. The molecule has 10 heteroatoms. The zero-order valence-corrected chi connectivity index (χ0v) is 12.0. The van der Waals surface area contributed by atoms with Crippen LogP contribution in [0.2, 0.25) is 0 Å².